The predicted octanol–water partition coefficient (Wildman–Crippen LogP) is 3.40. The third kappa shape index (κ3) is 3.54. The first-order chi connectivity index (χ1) is 16.1. The van der Waals surface area contributed by atoms with Crippen molar-refractivity contribution in [2.75, 3.05) is 12.3 Å². The van der Waals surface area contributed by atoms with Crippen LogP contribution in [0, 0.1) is 0 Å². The van der Waals surface area contributed by atoms with E-state index < -0.39 is 0 Å². The van der Waals surface area contributed by atoms with Gasteiger partial charge in [0.05, 0.1) is 22.0 Å². The van der Waals surface area contributed by atoms with E-state index in [1.807, 2.05) is 22.6 Å². The number of carbonyl (C=O) groups excluding carboxylic acids is 2. The number of allylic oxidation sites excluding steroid dienone is 1. The van der Waals surface area contributed by atoms with Crippen molar-refractivity contribution in [1.82, 2.24) is 24.1 Å². The highest BCUT2D eigenvalue weighted by molar-refractivity contribution is 7.99. The van der Waals surface area contributed by atoms with Crippen LogP contribution in [-0.4, -0.2) is 48.2 Å². The molecule has 0 saturated carbocycles. The molecular weight excluding hydrogens is 438 g/mol. The Morgan fingerprint density at radius 2 is 1.61 bits per heavy atom. The number of rotatable bonds is 8. The van der Waals surface area contributed by atoms with Gasteiger partial charge in [-0.25, -0.2) is 0 Å². The quantitative estimate of drug-likeness (QED) is 0.174. The molecule has 0 spiro atoms. The van der Waals surface area contributed by atoms with Crippen LogP contribution < -0.4 is 5.56 Å². The molecule has 2 amide bonds. The van der Waals surface area contributed by atoms with Crippen molar-refractivity contribution in [2.24, 2.45) is 0 Å². The van der Waals surface area contributed by atoms with Crippen LogP contribution in [0.5, 0.6) is 0 Å². The van der Waals surface area contributed by atoms with Crippen LogP contribution in [0.15, 0.2) is 71.1 Å². The summed E-state index contributed by atoms with van der Waals surface area (Å²) in [6.45, 7) is 4.47. The van der Waals surface area contributed by atoms with Gasteiger partial charge >= 0.3 is 0 Å². The molecule has 1 aliphatic heterocycles. The van der Waals surface area contributed by atoms with Crippen molar-refractivity contribution in [3.05, 3.63) is 82.7 Å². The molecule has 0 atom stereocenters. The van der Waals surface area contributed by atoms with Crippen molar-refractivity contribution in [1.29, 1.82) is 0 Å². The van der Waals surface area contributed by atoms with E-state index in [2.05, 4.69) is 16.8 Å². The molecule has 0 aliphatic carbocycles. The lowest BCUT2D eigenvalue weighted by Gasteiger charge is -2.13. The number of imide groups is 1. The van der Waals surface area contributed by atoms with E-state index >= 15 is 0 Å². The molecule has 8 nitrogen and oxygen atoms in total. The highest BCUT2D eigenvalue weighted by Gasteiger charge is 2.34. The number of hydrogen-bond acceptors (Lipinski definition) is 6. The van der Waals surface area contributed by atoms with Gasteiger partial charge in [0.1, 0.15) is 0 Å². The van der Waals surface area contributed by atoms with E-state index in [1.165, 1.54) is 16.7 Å². The van der Waals surface area contributed by atoms with Gasteiger partial charge in [-0.3, -0.25) is 28.3 Å². The number of nitrogens with zero attached hydrogens (tertiary/aromatic N) is 5. The van der Waals surface area contributed by atoms with Gasteiger partial charge in [-0.1, -0.05) is 42.1 Å². The Hall–Kier alpha value is -3.72. The maximum Gasteiger partial charge on any atom is 0.263 e. The van der Waals surface area contributed by atoms with Gasteiger partial charge < -0.3 is 0 Å². The molecule has 0 radical (unpaired) electrons. The Kier molecular flexibility index (Phi) is 5.55. The molecular formula is C24H21N5O3S. The number of para-hydroxylation sites is 1. The van der Waals surface area contributed by atoms with E-state index in [0.717, 1.165) is 17.7 Å². The Morgan fingerprint density at radius 1 is 0.909 bits per heavy atom. The first-order valence-electron chi connectivity index (χ1n) is 10.7. The largest absolute Gasteiger partial charge is 0.274 e. The normalized spacial score (nSPS) is 13.3. The molecule has 166 valence electrons. The van der Waals surface area contributed by atoms with Gasteiger partial charge in [-0.05, 0) is 37.1 Å². The van der Waals surface area contributed by atoms with Crippen LogP contribution >= 0.6 is 11.8 Å². The van der Waals surface area contributed by atoms with Gasteiger partial charge in [0, 0.05) is 18.8 Å². The van der Waals surface area contributed by atoms with Crippen LogP contribution in [0.25, 0.3) is 16.7 Å². The number of benzene rings is 2. The molecule has 4 aromatic rings. The molecule has 1 aliphatic rings. The van der Waals surface area contributed by atoms with Crippen molar-refractivity contribution in [3.63, 3.8) is 0 Å². The minimum Gasteiger partial charge on any atom is -0.274 e. The van der Waals surface area contributed by atoms with Gasteiger partial charge in [-0.2, -0.15) is 0 Å². The topological polar surface area (TPSA) is 89.6 Å². The summed E-state index contributed by atoms with van der Waals surface area (Å²) in [5, 5.41) is 9.87. The van der Waals surface area contributed by atoms with Crippen LogP contribution in [0.2, 0.25) is 0 Å². The molecule has 0 N–H and O–H groups in total. The minimum absolute atomic E-state index is 0.122. The van der Waals surface area contributed by atoms with Crippen LogP contribution in [0.1, 0.15) is 33.6 Å². The van der Waals surface area contributed by atoms with E-state index in [1.54, 1.807) is 41.0 Å². The number of carbonyl (C=O) groups is 2. The van der Waals surface area contributed by atoms with Crippen molar-refractivity contribution in [2.45, 2.75) is 24.5 Å². The lowest BCUT2D eigenvalue weighted by atomic mass is 10.1. The highest BCUT2D eigenvalue weighted by Crippen LogP contribution is 2.25. The average molecular weight is 460 g/mol. The summed E-state index contributed by atoms with van der Waals surface area (Å²) in [6.07, 6.45) is 3.14. The zero-order valence-corrected chi connectivity index (χ0v) is 18.6. The summed E-state index contributed by atoms with van der Waals surface area (Å²) >= 11 is 1.54. The van der Waals surface area contributed by atoms with Crippen LogP contribution in [0.4, 0.5) is 0 Å². The SMILES string of the molecule is C=CCn1c(=O)c2ccccc2n2c(SCCCCN3C(=O)c4ccccc4C3=O)nnc12. The monoisotopic (exact) mass is 459 g/mol. The Bertz CT molecular complexity index is 1440. The Morgan fingerprint density at radius 3 is 2.33 bits per heavy atom. The number of amides is 2. The number of hydrogen-bond donors (Lipinski definition) is 0. The third-order valence-electron chi connectivity index (χ3n) is 5.68. The molecule has 3 heterocycles. The number of aromatic nitrogens is 4. The average Bonchev–Trinajstić information content (AvgIpc) is 3.36. The van der Waals surface area contributed by atoms with Crippen molar-refractivity contribution < 1.29 is 9.59 Å². The molecule has 5 rings (SSSR count). The van der Waals surface area contributed by atoms with E-state index in [9.17, 15) is 14.4 Å². The minimum atomic E-state index is -0.224. The number of thioether (sulfide) groups is 1. The van der Waals surface area contributed by atoms with Gasteiger partial charge in [0.25, 0.3) is 17.4 Å². The Labute approximate surface area is 193 Å². The van der Waals surface area contributed by atoms with E-state index in [-0.39, 0.29) is 17.4 Å². The predicted molar refractivity (Wildman–Crippen MR) is 127 cm³/mol. The zero-order valence-electron chi connectivity index (χ0n) is 17.8. The molecule has 0 fully saturated rings. The third-order valence-corrected chi connectivity index (χ3v) is 6.69. The Balaban J connectivity index is 1.29. The lowest BCUT2D eigenvalue weighted by Crippen LogP contribution is -2.30. The highest BCUT2D eigenvalue weighted by atomic mass is 32.2. The molecule has 2 aromatic heterocycles. The summed E-state index contributed by atoms with van der Waals surface area (Å²) < 4.78 is 3.46. The van der Waals surface area contributed by atoms with Gasteiger partial charge in [0.15, 0.2) is 5.16 Å². The van der Waals surface area contributed by atoms with Gasteiger partial charge in [-0.15, -0.1) is 16.8 Å². The number of fused-ring (bicyclic) bond motifs is 4. The van der Waals surface area contributed by atoms with Crippen molar-refractivity contribution >= 4 is 40.3 Å². The summed E-state index contributed by atoms with van der Waals surface area (Å²) in [5.41, 5.74) is 1.59. The van der Waals surface area contributed by atoms with Crippen LogP contribution in [0.3, 0.4) is 0 Å². The van der Waals surface area contributed by atoms with Gasteiger partial charge in [0.2, 0.25) is 5.78 Å². The maximum absolute atomic E-state index is 12.9. The fraction of sp³-hybridized carbons (Fsp3) is 0.208. The second-order valence-corrected chi connectivity index (χ2v) is 8.76. The fourth-order valence-corrected chi connectivity index (χ4v) is 5.04. The van der Waals surface area contributed by atoms with Crippen molar-refractivity contribution in [3.8, 4) is 0 Å². The second-order valence-electron chi connectivity index (χ2n) is 7.70. The fourth-order valence-electron chi connectivity index (χ4n) is 4.10. The smallest absolute Gasteiger partial charge is 0.263 e. The first kappa shape index (κ1) is 21.1. The van der Waals surface area contributed by atoms with Crippen LogP contribution in [-0.2, 0) is 6.54 Å². The van der Waals surface area contributed by atoms with E-state index in [4.69, 9.17) is 0 Å². The standard InChI is InChI=1S/C24H21N5O3S/c1-2-13-28-22(32)18-11-5-6-12-19(18)29-23(28)25-26-24(29)33-15-8-7-14-27-20(30)16-9-3-4-10-17(16)21(27)31/h2-6,9-12H,1,7-8,13-15H2. The molecule has 0 unspecified atom stereocenters. The molecule has 33 heavy (non-hydrogen) atoms. The zero-order chi connectivity index (χ0) is 22.9. The van der Waals surface area contributed by atoms with E-state index in [0.29, 0.717) is 47.0 Å². The molecule has 9 heteroatoms. The second kappa shape index (κ2) is 8.67. The molecule has 2 aromatic carbocycles. The summed E-state index contributed by atoms with van der Waals surface area (Å²) in [4.78, 5) is 39.2. The maximum atomic E-state index is 12.9. The summed E-state index contributed by atoms with van der Waals surface area (Å²) in [5.74, 6) is 0.766. The molecule has 0 bridgehead atoms. The lowest BCUT2D eigenvalue weighted by molar-refractivity contribution is 0.0652. The first-order valence-corrected chi connectivity index (χ1v) is 11.7. The summed E-state index contributed by atoms with van der Waals surface area (Å²) in [6, 6.07) is 14.3. The number of unbranched alkanes of at least 4 members (excludes halogenated alkanes) is 1. The summed E-state index contributed by atoms with van der Waals surface area (Å²) in [7, 11) is 0. The molecule has 0 saturated heterocycles.